The molecule has 0 saturated heterocycles. The molecule has 0 unspecified atom stereocenters. The number of rotatable bonds is 2. The Balaban J connectivity index is 3.94. The summed E-state index contributed by atoms with van der Waals surface area (Å²) >= 11 is 8.75. The summed E-state index contributed by atoms with van der Waals surface area (Å²) in [5.74, 6) is -1.39. The lowest BCUT2D eigenvalue weighted by molar-refractivity contribution is -0.155. The monoisotopic (exact) mass is 363 g/mol. The molecule has 0 heterocycles. The van der Waals surface area contributed by atoms with E-state index in [1.807, 2.05) is 0 Å². The lowest BCUT2D eigenvalue weighted by atomic mass is 10.3. The van der Waals surface area contributed by atoms with E-state index < -0.39 is 14.1 Å². The average Bonchev–Trinajstić information content (AvgIpc) is 1.85. The molecule has 0 bridgehead atoms. The van der Waals surface area contributed by atoms with Gasteiger partial charge in [-0.2, -0.15) is 0 Å². The lowest BCUT2D eigenvalue weighted by Gasteiger charge is -2.09. The maximum absolute atomic E-state index is 10.9. The second-order valence-corrected chi connectivity index (χ2v) is 8.58. The highest BCUT2D eigenvalue weighted by molar-refractivity contribution is 9.40. The number of carbonyl (C=O) groups is 2. The Morgan fingerprint density at radius 1 is 1.42 bits per heavy atom. The molecule has 0 amide bonds. The van der Waals surface area contributed by atoms with Crippen LogP contribution in [0, 0.1) is 6.42 Å². The molecule has 0 saturated carbocycles. The van der Waals surface area contributed by atoms with Crippen LogP contribution in [0.3, 0.4) is 0 Å². The Bertz CT molecular complexity index is 185. The fourth-order valence-corrected chi connectivity index (χ4v) is 0.600. The van der Waals surface area contributed by atoms with Gasteiger partial charge < -0.3 is 4.74 Å². The summed E-state index contributed by atoms with van der Waals surface area (Å²) < 4.78 is 3.20. The SMILES string of the molecule is CC[CH]C(=O)OC(=O)C(Br)(Br)Br. The first-order valence-corrected chi connectivity index (χ1v) is 5.42. The molecule has 69 valence electrons. The highest BCUT2D eigenvalue weighted by Gasteiger charge is 2.32. The minimum atomic E-state index is -1.18. The van der Waals surface area contributed by atoms with Crippen molar-refractivity contribution in [1.82, 2.24) is 0 Å². The van der Waals surface area contributed by atoms with E-state index in [1.165, 1.54) is 6.42 Å². The zero-order valence-corrected chi connectivity index (χ0v) is 10.9. The van der Waals surface area contributed by atoms with Crippen LogP contribution < -0.4 is 0 Å². The van der Waals surface area contributed by atoms with Crippen LogP contribution in [0.4, 0.5) is 0 Å². The van der Waals surface area contributed by atoms with Crippen LogP contribution >= 0.6 is 47.8 Å². The molecular formula is C6H6Br3O3. The van der Waals surface area contributed by atoms with Crippen molar-refractivity contribution >= 4 is 59.7 Å². The molecule has 6 heteroatoms. The highest BCUT2D eigenvalue weighted by atomic mass is 80.0. The minimum Gasteiger partial charge on any atom is -0.391 e. The molecule has 0 aliphatic carbocycles. The highest BCUT2D eigenvalue weighted by Crippen LogP contribution is 2.34. The molecule has 0 atom stereocenters. The van der Waals surface area contributed by atoms with Crippen LogP contribution in [0.15, 0.2) is 0 Å². The van der Waals surface area contributed by atoms with E-state index >= 15 is 0 Å². The fourth-order valence-electron chi connectivity index (χ4n) is 0.358. The molecule has 0 aromatic carbocycles. The van der Waals surface area contributed by atoms with Crippen molar-refractivity contribution in [2.75, 3.05) is 0 Å². The topological polar surface area (TPSA) is 43.4 Å². The van der Waals surface area contributed by atoms with Gasteiger partial charge in [0, 0.05) is 0 Å². The van der Waals surface area contributed by atoms with Crippen molar-refractivity contribution in [2.45, 2.75) is 15.5 Å². The summed E-state index contributed by atoms with van der Waals surface area (Å²) in [6.45, 7) is 1.77. The Labute approximate surface area is 95.6 Å². The van der Waals surface area contributed by atoms with E-state index in [0.29, 0.717) is 6.42 Å². The van der Waals surface area contributed by atoms with Crippen molar-refractivity contribution in [2.24, 2.45) is 0 Å². The predicted molar refractivity (Wildman–Crippen MR) is 55.2 cm³/mol. The summed E-state index contributed by atoms with van der Waals surface area (Å²) in [6.07, 6.45) is 1.81. The maximum atomic E-state index is 10.9. The third-order valence-corrected chi connectivity index (χ3v) is 1.77. The van der Waals surface area contributed by atoms with Gasteiger partial charge >= 0.3 is 11.9 Å². The second-order valence-electron chi connectivity index (χ2n) is 1.82. The number of hydrogen-bond donors (Lipinski definition) is 0. The zero-order chi connectivity index (χ0) is 9.78. The smallest absolute Gasteiger partial charge is 0.352 e. The van der Waals surface area contributed by atoms with Crippen molar-refractivity contribution in [1.29, 1.82) is 0 Å². The Hall–Kier alpha value is 0.580. The first-order chi connectivity index (χ1) is 5.38. The van der Waals surface area contributed by atoms with E-state index in [1.54, 1.807) is 6.92 Å². The molecule has 0 spiro atoms. The largest absolute Gasteiger partial charge is 0.391 e. The molecule has 0 aliphatic heterocycles. The summed E-state index contributed by atoms with van der Waals surface area (Å²) in [6, 6.07) is 0. The molecule has 3 nitrogen and oxygen atoms in total. The number of esters is 2. The van der Waals surface area contributed by atoms with Crippen LogP contribution in [0.25, 0.3) is 0 Å². The van der Waals surface area contributed by atoms with E-state index in [9.17, 15) is 9.59 Å². The first-order valence-electron chi connectivity index (χ1n) is 3.04. The summed E-state index contributed by atoms with van der Waals surface area (Å²) in [5.41, 5.74) is 0. The first kappa shape index (κ1) is 12.6. The number of alkyl halides is 3. The summed E-state index contributed by atoms with van der Waals surface area (Å²) in [4.78, 5) is 21.7. The number of hydrogen-bond acceptors (Lipinski definition) is 3. The van der Waals surface area contributed by atoms with Crippen molar-refractivity contribution in [3.63, 3.8) is 0 Å². The van der Waals surface area contributed by atoms with Crippen LogP contribution in [-0.2, 0) is 14.3 Å². The standard InChI is InChI=1S/C6H6Br3O3/c1-2-3-4(10)12-5(11)6(7,8)9/h3H,2H2,1H3. The van der Waals surface area contributed by atoms with Crippen LogP contribution in [0.5, 0.6) is 0 Å². The van der Waals surface area contributed by atoms with E-state index in [-0.39, 0.29) is 0 Å². The van der Waals surface area contributed by atoms with Crippen LogP contribution in [-0.4, -0.2) is 14.1 Å². The van der Waals surface area contributed by atoms with Crippen LogP contribution in [0.1, 0.15) is 13.3 Å². The van der Waals surface area contributed by atoms with Gasteiger partial charge in [-0.3, -0.25) is 4.79 Å². The normalized spacial score (nSPS) is 11.0. The second kappa shape index (κ2) is 5.34. The number of ether oxygens (including phenoxy) is 1. The fraction of sp³-hybridized carbons (Fsp3) is 0.500. The maximum Gasteiger partial charge on any atom is 0.352 e. The molecule has 12 heavy (non-hydrogen) atoms. The zero-order valence-electron chi connectivity index (χ0n) is 6.14. The van der Waals surface area contributed by atoms with Gasteiger partial charge in [0.1, 0.15) is 0 Å². The quantitative estimate of drug-likeness (QED) is 0.429. The third kappa shape index (κ3) is 5.27. The van der Waals surface area contributed by atoms with Gasteiger partial charge in [0.2, 0.25) is 2.14 Å². The molecule has 0 fully saturated rings. The Morgan fingerprint density at radius 3 is 2.25 bits per heavy atom. The van der Waals surface area contributed by atoms with Gasteiger partial charge in [-0.15, -0.1) is 0 Å². The summed E-state index contributed by atoms with van der Waals surface area (Å²) in [5, 5.41) is 0. The Morgan fingerprint density at radius 2 is 1.92 bits per heavy atom. The Kier molecular flexibility index (Phi) is 5.60. The van der Waals surface area contributed by atoms with Gasteiger partial charge in [-0.05, 0) is 54.2 Å². The van der Waals surface area contributed by atoms with Gasteiger partial charge in [0.15, 0.2) is 0 Å². The summed E-state index contributed by atoms with van der Waals surface area (Å²) in [7, 11) is 0. The molecule has 0 rings (SSSR count). The molecular weight excluding hydrogens is 360 g/mol. The third-order valence-electron chi connectivity index (χ3n) is 0.796. The lowest BCUT2D eigenvalue weighted by Crippen LogP contribution is -2.23. The van der Waals surface area contributed by atoms with Gasteiger partial charge in [-0.1, -0.05) is 6.92 Å². The average molecular weight is 366 g/mol. The molecule has 0 N–H and O–H groups in total. The minimum absolute atomic E-state index is 0.534. The van der Waals surface area contributed by atoms with Gasteiger partial charge in [0.05, 0.1) is 6.42 Å². The van der Waals surface area contributed by atoms with E-state index in [0.717, 1.165) is 0 Å². The molecule has 1 radical (unpaired) electrons. The van der Waals surface area contributed by atoms with Crippen molar-refractivity contribution in [3.05, 3.63) is 6.42 Å². The number of halogens is 3. The van der Waals surface area contributed by atoms with Gasteiger partial charge in [0.25, 0.3) is 0 Å². The van der Waals surface area contributed by atoms with Crippen molar-refractivity contribution < 1.29 is 14.3 Å². The predicted octanol–water partition coefficient (Wildman–Crippen LogP) is 2.51. The van der Waals surface area contributed by atoms with Crippen molar-refractivity contribution in [3.8, 4) is 0 Å². The van der Waals surface area contributed by atoms with E-state index in [4.69, 9.17) is 0 Å². The molecule has 0 aromatic rings. The van der Waals surface area contributed by atoms with E-state index in [2.05, 4.69) is 52.5 Å². The molecule has 0 aromatic heterocycles. The van der Waals surface area contributed by atoms with Crippen LogP contribution in [0.2, 0.25) is 0 Å². The van der Waals surface area contributed by atoms with Gasteiger partial charge in [-0.25, -0.2) is 4.79 Å². The number of carbonyl (C=O) groups excluding carboxylic acids is 2. The molecule has 0 aliphatic rings.